The van der Waals surface area contributed by atoms with Crippen LogP contribution >= 0.6 is 0 Å². The standard InChI is InChI=1S/C35H65NO9.CH4O/c1-25(2)29(37)14-17-41-22-35(23-42-18-15-30(38)26(3)4,24-43-19-16-31(39)27(5)6)36(13)32(40)20-33(9,10)44-21-34(11,12)45-28(7)8;1-2/h25-28H,14-24H2,1-13H3;2H,1H3. The van der Waals surface area contributed by atoms with E-state index in [1.54, 1.807) is 11.9 Å². The Labute approximate surface area is 285 Å². The Morgan fingerprint density at radius 1 is 0.596 bits per heavy atom. The molecule has 0 fully saturated rings. The van der Waals surface area contributed by atoms with Crippen molar-refractivity contribution >= 4 is 23.3 Å². The molecule has 1 amide bonds. The van der Waals surface area contributed by atoms with E-state index in [2.05, 4.69) is 0 Å². The largest absolute Gasteiger partial charge is 0.400 e. The molecule has 0 saturated heterocycles. The zero-order valence-corrected chi connectivity index (χ0v) is 32.2. The van der Waals surface area contributed by atoms with E-state index < -0.39 is 16.7 Å². The predicted molar refractivity (Wildman–Crippen MR) is 184 cm³/mol. The van der Waals surface area contributed by atoms with Gasteiger partial charge in [0.15, 0.2) is 0 Å². The molecule has 0 unspecified atom stereocenters. The van der Waals surface area contributed by atoms with Crippen LogP contribution < -0.4 is 0 Å². The first-order valence-electron chi connectivity index (χ1n) is 17.0. The van der Waals surface area contributed by atoms with Gasteiger partial charge in [-0.25, -0.2) is 0 Å². The van der Waals surface area contributed by atoms with Crippen LogP contribution in [0.3, 0.4) is 0 Å². The molecule has 0 aliphatic rings. The number of hydrogen-bond donors (Lipinski definition) is 1. The number of ketones is 3. The van der Waals surface area contributed by atoms with Gasteiger partial charge in [-0.3, -0.25) is 19.2 Å². The fourth-order valence-corrected chi connectivity index (χ4v) is 4.43. The van der Waals surface area contributed by atoms with Gasteiger partial charge in [0.1, 0.15) is 22.9 Å². The first kappa shape index (κ1) is 47.4. The van der Waals surface area contributed by atoms with Gasteiger partial charge in [0.2, 0.25) is 5.91 Å². The molecule has 0 bridgehead atoms. The molecule has 0 saturated carbocycles. The van der Waals surface area contributed by atoms with Gasteiger partial charge in [0.05, 0.1) is 70.0 Å². The molecule has 0 radical (unpaired) electrons. The highest BCUT2D eigenvalue weighted by Crippen LogP contribution is 2.25. The molecule has 278 valence electrons. The van der Waals surface area contributed by atoms with Crippen molar-refractivity contribution in [2.75, 3.05) is 60.4 Å². The lowest BCUT2D eigenvalue weighted by molar-refractivity contribution is -0.163. The van der Waals surface area contributed by atoms with Crippen molar-refractivity contribution in [2.45, 2.75) is 132 Å². The quantitative estimate of drug-likeness (QED) is 0.124. The summed E-state index contributed by atoms with van der Waals surface area (Å²) in [4.78, 5) is 52.2. The Morgan fingerprint density at radius 2 is 0.936 bits per heavy atom. The van der Waals surface area contributed by atoms with Crippen LogP contribution in [0.5, 0.6) is 0 Å². The number of aliphatic hydroxyl groups excluding tert-OH is 1. The number of likely N-dealkylation sites (N-methyl/N-ethyl adjacent to an activating group) is 1. The molecule has 1 N–H and O–H groups in total. The van der Waals surface area contributed by atoms with Gasteiger partial charge in [0.25, 0.3) is 0 Å². The van der Waals surface area contributed by atoms with Gasteiger partial charge in [-0.2, -0.15) is 0 Å². The molecule has 0 aromatic heterocycles. The van der Waals surface area contributed by atoms with E-state index in [1.807, 2.05) is 83.1 Å². The second kappa shape index (κ2) is 23.6. The number of rotatable bonds is 26. The Morgan fingerprint density at radius 3 is 1.23 bits per heavy atom. The van der Waals surface area contributed by atoms with Gasteiger partial charge < -0.3 is 33.7 Å². The van der Waals surface area contributed by atoms with E-state index in [1.165, 1.54) is 0 Å². The van der Waals surface area contributed by atoms with Crippen molar-refractivity contribution in [3.63, 3.8) is 0 Å². The van der Waals surface area contributed by atoms with Gasteiger partial charge in [-0.05, 0) is 41.5 Å². The van der Waals surface area contributed by atoms with Crippen molar-refractivity contribution in [1.82, 2.24) is 4.90 Å². The predicted octanol–water partition coefficient (Wildman–Crippen LogP) is 5.08. The van der Waals surface area contributed by atoms with E-state index in [0.717, 1.165) is 7.11 Å². The highest BCUT2D eigenvalue weighted by Gasteiger charge is 2.41. The molecule has 11 nitrogen and oxygen atoms in total. The second-order valence-corrected chi connectivity index (χ2v) is 14.6. The smallest absolute Gasteiger partial charge is 0.225 e. The Hall–Kier alpha value is -1.76. The number of carbonyl (C=O) groups excluding carboxylic acids is 4. The first-order valence-corrected chi connectivity index (χ1v) is 17.0. The van der Waals surface area contributed by atoms with Crippen LogP contribution in [0.4, 0.5) is 0 Å². The molecule has 0 atom stereocenters. The van der Waals surface area contributed by atoms with Crippen LogP contribution in [0.25, 0.3) is 0 Å². The van der Waals surface area contributed by atoms with Crippen molar-refractivity contribution in [3.8, 4) is 0 Å². The maximum atomic E-state index is 13.9. The summed E-state index contributed by atoms with van der Waals surface area (Å²) in [6, 6.07) is 0. The van der Waals surface area contributed by atoms with E-state index in [0.29, 0.717) is 6.61 Å². The zero-order valence-electron chi connectivity index (χ0n) is 32.2. The molecular weight excluding hydrogens is 606 g/mol. The van der Waals surface area contributed by atoms with Gasteiger partial charge in [-0.15, -0.1) is 0 Å². The first-order chi connectivity index (χ1) is 21.6. The molecule has 0 aliphatic heterocycles. The van der Waals surface area contributed by atoms with Crippen LogP contribution in [0.1, 0.15) is 109 Å². The number of ether oxygens (including phenoxy) is 5. The molecule has 0 rings (SSSR count). The number of Topliss-reactive ketones (excluding diaryl/α,β-unsaturated/α-hetero) is 3. The summed E-state index contributed by atoms with van der Waals surface area (Å²) in [5.74, 6) is -0.285. The second-order valence-electron chi connectivity index (χ2n) is 14.6. The minimum atomic E-state index is -1.09. The third-order valence-corrected chi connectivity index (χ3v) is 7.55. The maximum absolute atomic E-state index is 13.9. The molecule has 0 heterocycles. The summed E-state index contributed by atoms with van der Waals surface area (Å²) in [6.07, 6.45) is 0.824. The number of carbonyl (C=O) groups is 4. The minimum Gasteiger partial charge on any atom is -0.400 e. The molecule has 0 aromatic rings. The number of hydrogen-bond acceptors (Lipinski definition) is 10. The lowest BCUT2D eigenvalue weighted by atomic mass is 9.97. The summed E-state index contributed by atoms with van der Waals surface area (Å²) in [7, 11) is 2.68. The lowest BCUT2D eigenvalue weighted by Gasteiger charge is -2.42. The average molecular weight is 676 g/mol. The average Bonchev–Trinajstić information content (AvgIpc) is 2.97. The summed E-state index contributed by atoms with van der Waals surface area (Å²) in [5.41, 5.74) is -2.43. The summed E-state index contributed by atoms with van der Waals surface area (Å²) < 4.78 is 30.2. The fourth-order valence-electron chi connectivity index (χ4n) is 4.43. The normalized spacial score (nSPS) is 12.5. The Balaban J connectivity index is 0. The summed E-state index contributed by atoms with van der Waals surface area (Å²) in [5, 5.41) is 7.00. The van der Waals surface area contributed by atoms with Gasteiger partial charge in [-0.1, -0.05) is 41.5 Å². The molecule has 47 heavy (non-hydrogen) atoms. The third kappa shape index (κ3) is 21.0. The topological polar surface area (TPSA) is 138 Å². The van der Waals surface area contributed by atoms with Crippen LogP contribution in [-0.4, -0.2) is 117 Å². The highest BCUT2D eigenvalue weighted by molar-refractivity contribution is 5.81. The fraction of sp³-hybridized carbons (Fsp3) is 0.889. The third-order valence-electron chi connectivity index (χ3n) is 7.55. The van der Waals surface area contributed by atoms with E-state index in [4.69, 9.17) is 28.8 Å². The molecule has 0 spiro atoms. The molecule has 0 aliphatic carbocycles. The minimum absolute atomic E-state index is 0.0302. The maximum Gasteiger partial charge on any atom is 0.225 e. The SMILES string of the molecule is CC(C)OC(C)(C)COC(C)(C)CC(=O)N(C)C(COCCC(=O)C(C)C)(COCCC(=O)C(C)C)COCCC(=O)C(C)C.CO. The number of amides is 1. The van der Waals surface area contributed by atoms with Crippen LogP contribution in [0, 0.1) is 17.8 Å². The van der Waals surface area contributed by atoms with E-state index in [-0.39, 0.29) is 112 Å². The van der Waals surface area contributed by atoms with E-state index in [9.17, 15) is 19.2 Å². The summed E-state index contributed by atoms with van der Waals surface area (Å²) in [6.45, 7) is 23.6. The lowest BCUT2D eigenvalue weighted by Crippen LogP contribution is -2.60. The van der Waals surface area contributed by atoms with Gasteiger partial charge in [0, 0.05) is 51.2 Å². The van der Waals surface area contributed by atoms with Crippen LogP contribution in [-0.2, 0) is 42.9 Å². The van der Waals surface area contributed by atoms with Gasteiger partial charge >= 0.3 is 0 Å². The molecule has 11 heteroatoms. The van der Waals surface area contributed by atoms with Crippen molar-refractivity contribution in [1.29, 1.82) is 0 Å². The molecule has 0 aromatic carbocycles. The van der Waals surface area contributed by atoms with Crippen LogP contribution in [0.2, 0.25) is 0 Å². The van der Waals surface area contributed by atoms with Crippen molar-refractivity contribution < 1.29 is 48.0 Å². The van der Waals surface area contributed by atoms with E-state index >= 15 is 0 Å². The number of aliphatic hydroxyl groups is 1. The zero-order chi connectivity index (χ0) is 37.0. The van der Waals surface area contributed by atoms with Crippen molar-refractivity contribution in [2.24, 2.45) is 17.8 Å². The molecular formula is C36H69NO10. The highest BCUT2D eigenvalue weighted by atomic mass is 16.6. The Kier molecular flexibility index (Phi) is 23.7. The number of nitrogens with zero attached hydrogens (tertiary/aromatic N) is 1. The van der Waals surface area contributed by atoms with Crippen molar-refractivity contribution in [3.05, 3.63) is 0 Å². The van der Waals surface area contributed by atoms with Crippen LogP contribution in [0.15, 0.2) is 0 Å². The monoisotopic (exact) mass is 675 g/mol. The Bertz CT molecular complexity index is 842. The summed E-state index contributed by atoms with van der Waals surface area (Å²) >= 11 is 0.